The van der Waals surface area contributed by atoms with Crippen molar-refractivity contribution in [2.24, 2.45) is 0 Å². The van der Waals surface area contributed by atoms with Crippen molar-refractivity contribution in [2.45, 2.75) is 6.54 Å². The van der Waals surface area contributed by atoms with Crippen molar-refractivity contribution in [1.82, 2.24) is 9.97 Å². The molecule has 5 nitrogen and oxygen atoms in total. The van der Waals surface area contributed by atoms with Gasteiger partial charge in [0.1, 0.15) is 5.15 Å². The van der Waals surface area contributed by atoms with Crippen LogP contribution < -0.4 is 4.90 Å². The lowest BCUT2D eigenvalue weighted by Gasteiger charge is -2.16. The van der Waals surface area contributed by atoms with E-state index < -0.39 is 11.7 Å². The van der Waals surface area contributed by atoms with Gasteiger partial charge in [0.2, 0.25) is 0 Å². The molecule has 1 aliphatic rings. The number of carbonyl (C=O) groups is 2. The highest BCUT2D eigenvalue weighted by atomic mass is 35.5. The van der Waals surface area contributed by atoms with Crippen LogP contribution in [0.25, 0.3) is 0 Å². The van der Waals surface area contributed by atoms with Crippen molar-refractivity contribution in [2.75, 3.05) is 4.90 Å². The zero-order valence-corrected chi connectivity index (χ0v) is 11.5. The largest absolute Gasteiger partial charge is 0.299 e. The predicted octanol–water partition coefficient (Wildman–Crippen LogP) is 2.51. The molecule has 1 aromatic carbocycles. The van der Waals surface area contributed by atoms with Gasteiger partial charge in [-0.1, -0.05) is 29.3 Å². The van der Waals surface area contributed by atoms with Crippen LogP contribution >= 0.6 is 23.2 Å². The van der Waals surface area contributed by atoms with E-state index in [-0.39, 0.29) is 11.7 Å². The van der Waals surface area contributed by atoms with Gasteiger partial charge in [0.05, 0.1) is 40.9 Å². The van der Waals surface area contributed by atoms with Crippen molar-refractivity contribution in [1.29, 1.82) is 0 Å². The minimum atomic E-state index is -0.621. The predicted molar refractivity (Wildman–Crippen MR) is 74.0 cm³/mol. The summed E-state index contributed by atoms with van der Waals surface area (Å²) in [5.74, 6) is -1.19. The highest BCUT2D eigenvalue weighted by molar-refractivity contribution is 6.54. The zero-order chi connectivity index (χ0) is 14.3. The van der Waals surface area contributed by atoms with E-state index in [0.29, 0.717) is 22.0 Å². The molecule has 100 valence electrons. The van der Waals surface area contributed by atoms with Gasteiger partial charge in [0, 0.05) is 0 Å². The first-order chi connectivity index (χ1) is 9.58. The number of anilines is 1. The maximum Gasteiger partial charge on any atom is 0.299 e. The van der Waals surface area contributed by atoms with E-state index in [0.717, 1.165) is 0 Å². The number of ketones is 1. The molecule has 0 fully saturated rings. The van der Waals surface area contributed by atoms with E-state index in [1.165, 1.54) is 17.3 Å². The molecule has 0 saturated carbocycles. The quantitative estimate of drug-likeness (QED) is 0.800. The van der Waals surface area contributed by atoms with Crippen LogP contribution in [0.1, 0.15) is 16.1 Å². The Bertz CT molecular complexity index is 716. The molecule has 0 bridgehead atoms. The summed E-state index contributed by atoms with van der Waals surface area (Å²) < 4.78 is 0. The topological polar surface area (TPSA) is 63.2 Å². The summed E-state index contributed by atoms with van der Waals surface area (Å²) in [7, 11) is 0. The Labute approximate surface area is 124 Å². The van der Waals surface area contributed by atoms with Crippen molar-refractivity contribution in [3.63, 3.8) is 0 Å². The van der Waals surface area contributed by atoms with Crippen LogP contribution in [0.15, 0.2) is 30.6 Å². The summed E-state index contributed by atoms with van der Waals surface area (Å²) >= 11 is 11.7. The minimum Gasteiger partial charge on any atom is -0.297 e. The monoisotopic (exact) mass is 307 g/mol. The van der Waals surface area contributed by atoms with Gasteiger partial charge in [-0.15, -0.1) is 0 Å². The Hall–Kier alpha value is -1.98. The molecule has 0 radical (unpaired) electrons. The number of fused-ring (bicyclic) bond motifs is 1. The Morgan fingerprint density at radius 1 is 1.10 bits per heavy atom. The summed E-state index contributed by atoms with van der Waals surface area (Å²) in [6, 6.07) is 4.85. The van der Waals surface area contributed by atoms with E-state index in [2.05, 4.69) is 9.97 Å². The molecule has 2 aromatic rings. The normalized spacial score (nSPS) is 13.8. The number of hydrogen-bond acceptors (Lipinski definition) is 4. The highest BCUT2D eigenvalue weighted by Gasteiger charge is 2.37. The van der Waals surface area contributed by atoms with Gasteiger partial charge < -0.3 is 0 Å². The number of amides is 1. The van der Waals surface area contributed by atoms with Crippen molar-refractivity contribution in [3.8, 4) is 0 Å². The Balaban J connectivity index is 2.01. The number of aromatic nitrogens is 2. The third-order valence-electron chi connectivity index (χ3n) is 2.93. The fourth-order valence-corrected chi connectivity index (χ4v) is 2.42. The van der Waals surface area contributed by atoms with Gasteiger partial charge in [0.25, 0.3) is 11.7 Å². The summed E-state index contributed by atoms with van der Waals surface area (Å²) in [5.41, 5.74) is 1.24. The second-order valence-corrected chi connectivity index (χ2v) is 4.98. The lowest BCUT2D eigenvalue weighted by atomic mass is 10.1. The van der Waals surface area contributed by atoms with E-state index in [1.807, 2.05) is 0 Å². The molecular weight excluding hydrogens is 301 g/mol. The van der Waals surface area contributed by atoms with Crippen LogP contribution in [0, 0.1) is 0 Å². The third kappa shape index (κ3) is 2.05. The molecule has 3 rings (SSSR count). The van der Waals surface area contributed by atoms with Crippen molar-refractivity contribution in [3.05, 3.63) is 52.0 Å². The number of hydrogen-bond donors (Lipinski definition) is 0. The fourth-order valence-electron chi connectivity index (χ4n) is 2.05. The molecule has 0 atom stereocenters. The standard InChI is InChI=1S/C13H7Cl2N3O2/c14-9-3-1-2-8-11(9)18(13(20)12(8)19)6-7-4-17-10(15)5-16-7/h1-5H,6H2. The number of benzene rings is 1. The maximum absolute atomic E-state index is 12.0. The summed E-state index contributed by atoms with van der Waals surface area (Å²) in [5, 5.41) is 0.611. The molecule has 7 heteroatoms. The molecule has 2 heterocycles. The van der Waals surface area contributed by atoms with Crippen molar-refractivity contribution < 1.29 is 9.59 Å². The minimum absolute atomic E-state index is 0.117. The van der Waals surface area contributed by atoms with Gasteiger partial charge in [-0.3, -0.25) is 19.5 Å². The molecule has 0 saturated heterocycles. The van der Waals surface area contributed by atoms with Crippen LogP contribution in [-0.4, -0.2) is 21.7 Å². The first-order valence-electron chi connectivity index (χ1n) is 5.69. The van der Waals surface area contributed by atoms with Crippen LogP contribution in [-0.2, 0) is 11.3 Å². The van der Waals surface area contributed by atoms with Crippen LogP contribution in [0.5, 0.6) is 0 Å². The second kappa shape index (κ2) is 4.85. The van der Waals surface area contributed by atoms with Gasteiger partial charge >= 0.3 is 0 Å². The Morgan fingerprint density at radius 3 is 2.60 bits per heavy atom. The third-order valence-corrected chi connectivity index (χ3v) is 3.43. The lowest BCUT2D eigenvalue weighted by molar-refractivity contribution is -0.114. The lowest BCUT2D eigenvalue weighted by Crippen LogP contribution is -2.29. The Morgan fingerprint density at radius 2 is 1.90 bits per heavy atom. The van der Waals surface area contributed by atoms with E-state index in [4.69, 9.17) is 23.2 Å². The summed E-state index contributed by atoms with van der Waals surface area (Å²) in [6.45, 7) is 0.117. The van der Waals surface area contributed by atoms with Crippen LogP contribution in [0.4, 0.5) is 5.69 Å². The average molecular weight is 308 g/mol. The number of halogens is 2. The van der Waals surface area contributed by atoms with E-state index in [9.17, 15) is 9.59 Å². The van der Waals surface area contributed by atoms with E-state index in [1.54, 1.807) is 18.2 Å². The number of nitrogens with zero attached hydrogens (tertiary/aromatic N) is 3. The fraction of sp³-hybridized carbons (Fsp3) is 0.0769. The zero-order valence-electron chi connectivity index (χ0n) is 10.0. The first kappa shape index (κ1) is 13.0. The Kier molecular flexibility index (Phi) is 3.16. The average Bonchev–Trinajstić information content (AvgIpc) is 2.68. The molecule has 1 aromatic heterocycles. The smallest absolute Gasteiger partial charge is 0.297 e. The van der Waals surface area contributed by atoms with Gasteiger partial charge in [-0.05, 0) is 12.1 Å². The number of rotatable bonds is 2. The molecular formula is C13H7Cl2N3O2. The molecule has 0 N–H and O–H groups in total. The second-order valence-electron chi connectivity index (χ2n) is 4.19. The van der Waals surface area contributed by atoms with Gasteiger partial charge in [-0.2, -0.15) is 0 Å². The SMILES string of the molecule is O=C1C(=O)N(Cc2cnc(Cl)cn2)c2c(Cl)cccc21. The first-order valence-corrected chi connectivity index (χ1v) is 6.44. The summed E-state index contributed by atoms with van der Waals surface area (Å²) in [4.78, 5) is 33.2. The maximum atomic E-state index is 12.0. The number of carbonyl (C=O) groups excluding carboxylic acids is 2. The molecule has 0 aliphatic carbocycles. The highest BCUT2D eigenvalue weighted by Crippen LogP contribution is 2.36. The van der Waals surface area contributed by atoms with Gasteiger partial charge in [0.15, 0.2) is 0 Å². The molecule has 1 amide bonds. The van der Waals surface area contributed by atoms with Crippen molar-refractivity contribution >= 4 is 40.6 Å². The number of Topliss-reactive ketones (excluding diaryl/α,β-unsaturated/α-hetero) is 1. The molecule has 1 aliphatic heterocycles. The molecule has 0 unspecified atom stereocenters. The van der Waals surface area contributed by atoms with Crippen LogP contribution in [0.3, 0.4) is 0 Å². The van der Waals surface area contributed by atoms with E-state index >= 15 is 0 Å². The van der Waals surface area contributed by atoms with Crippen LogP contribution in [0.2, 0.25) is 10.2 Å². The molecule has 20 heavy (non-hydrogen) atoms. The van der Waals surface area contributed by atoms with Gasteiger partial charge in [-0.25, -0.2) is 4.98 Å². The summed E-state index contributed by atoms with van der Waals surface area (Å²) in [6.07, 6.45) is 2.84. The number of para-hydroxylation sites is 1. The molecule has 0 spiro atoms.